The molecular weight excluding hydrogens is 423 g/mol. The number of aromatic nitrogens is 2. The summed E-state index contributed by atoms with van der Waals surface area (Å²) >= 11 is 1.16. The summed E-state index contributed by atoms with van der Waals surface area (Å²) in [5.74, 6) is 0.220. The van der Waals surface area contributed by atoms with Crippen molar-refractivity contribution in [3.05, 3.63) is 63.9 Å². The van der Waals surface area contributed by atoms with Crippen LogP contribution < -0.4 is 14.8 Å². The van der Waals surface area contributed by atoms with Crippen molar-refractivity contribution >= 4 is 28.8 Å². The zero-order valence-corrected chi connectivity index (χ0v) is 17.0. The minimum Gasteiger partial charge on any atom is -0.454 e. The Hall–Kier alpha value is -3.53. The third-order valence-corrected chi connectivity index (χ3v) is 6.18. The van der Waals surface area contributed by atoms with Gasteiger partial charge in [-0.25, -0.2) is 4.39 Å². The van der Waals surface area contributed by atoms with Crippen molar-refractivity contribution in [1.29, 1.82) is 0 Å². The SMILES string of the molecule is O=C(Nc1ccc2c(c1)OCO2)c1nnc([C@H]2CCCN2C(=O)c2ccc(F)cc2)s1. The molecular formula is C21H17FN4O4S. The fourth-order valence-electron chi connectivity index (χ4n) is 3.64. The Morgan fingerprint density at radius 2 is 1.90 bits per heavy atom. The van der Waals surface area contributed by atoms with Crippen LogP contribution in [0.15, 0.2) is 42.5 Å². The second kappa shape index (κ2) is 7.95. The molecule has 2 aliphatic heterocycles. The molecule has 5 rings (SSSR count). The Morgan fingerprint density at radius 1 is 1.10 bits per heavy atom. The first-order valence-corrected chi connectivity index (χ1v) is 10.5. The van der Waals surface area contributed by atoms with Crippen LogP contribution in [0.3, 0.4) is 0 Å². The Labute approximate surface area is 180 Å². The minimum atomic E-state index is -0.392. The van der Waals surface area contributed by atoms with Gasteiger partial charge in [0.1, 0.15) is 10.8 Å². The zero-order chi connectivity index (χ0) is 21.4. The molecule has 8 nitrogen and oxygen atoms in total. The van der Waals surface area contributed by atoms with Gasteiger partial charge in [0.15, 0.2) is 11.5 Å². The van der Waals surface area contributed by atoms with Crippen LogP contribution in [0.1, 0.15) is 44.1 Å². The largest absolute Gasteiger partial charge is 0.454 e. The second-order valence-corrected chi connectivity index (χ2v) is 8.14. The summed E-state index contributed by atoms with van der Waals surface area (Å²) in [6.07, 6.45) is 1.54. The van der Waals surface area contributed by atoms with E-state index in [0.29, 0.717) is 34.3 Å². The van der Waals surface area contributed by atoms with Crippen LogP contribution in [0.5, 0.6) is 11.5 Å². The third kappa shape index (κ3) is 3.81. The van der Waals surface area contributed by atoms with E-state index >= 15 is 0 Å². The molecule has 158 valence electrons. The van der Waals surface area contributed by atoms with Gasteiger partial charge < -0.3 is 19.7 Å². The van der Waals surface area contributed by atoms with E-state index in [1.807, 2.05) is 0 Å². The summed E-state index contributed by atoms with van der Waals surface area (Å²) in [5.41, 5.74) is 0.971. The highest BCUT2D eigenvalue weighted by Crippen LogP contribution is 2.36. The number of halogens is 1. The summed E-state index contributed by atoms with van der Waals surface area (Å²) in [6, 6.07) is 10.3. The first kappa shape index (κ1) is 19.4. The molecule has 2 aromatic carbocycles. The number of rotatable bonds is 4. The maximum absolute atomic E-state index is 13.2. The molecule has 0 radical (unpaired) electrons. The van der Waals surface area contributed by atoms with Gasteiger partial charge in [-0.05, 0) is 49.2 Å². The fraction of sp³-hybridized carbons (Fsp3) is 0.238. The number of ether oxygens (including phenoxy) is 2. The van der Waals surface area contributed by atoms with Crippen molar-refractivity contribution in [1.82, 2.24) is 15.1 Å². The standard InChI is InChI=1S/C21H17FN4O4S/c22-13-5-3-12(4-6-13)21(28)26-9-1-2-15(26)19-24-25-20(31-19)18(27)23-14-7-8-16-17(10-14)30-11-29-16/h3-8,10,15H,1-2,9,11H2,(H,23,27)/t15-/m1/s1. The summed E-state index contributed by atoms with van der Waals surface area (Å²) in [7, 11) is 0. The van der Waals surface area contributed by atoms with Crippen molar-refractivity contribution < 1.29 is 23.5 Å². The number of likely N-dealkylation sites (tertiary alicyclic amines) is 1. The molecule has 1 aromatic heterocycles. The van der Waals surface area contributed by atoms with Crippen LogP contribution in [0.4, 0.5) is 10.1 Å². The van der Waals surface area contributed by atoms with Crippen LogP contribution in [0.2, 0.25) is 0 Å². The number of hydrogen-bond acceptors (Lipinski definition) is 7. The van der Waals surface area contributed by atoms with E-state index in [1.165, 1.54) is 24.3 Å². The molecule has 2 amide bonds. The number of nitrogens with zero attached hydrogens (tertiary/aromatic N) is 3. The number of amides is 2. The molecule has 1 fully saturated rings. The van der Waals surface area contributed by atoms with E-state index in [9.17, 15) is 14.0 Å². The molecule has 0 spiro atoms. The van der Waals surface area contributed by atoms with Crippen molar-refractivity contribution in [2.24, 2.45) is 0 Å². The molecule has 0 aliphatic carbocycles. The van der Waals surface area contributed by atoms with Gasteiger partial charge in [-0.2, -0.15) is 0 Å². The Bertz CT molecular complexity index is 1150. The maximum atomic E-state index is 13.2. The first-order chi connectivity index (χ1) is 15.1. The number of hydrogen-bond donors (Lipinski definition) is 1. The summed E-state index contributed by atoms with van der Waals surface area (Å²) in [4.78, 5) is 27.2. The molecule has 1 saturated heterocycles. The lowest BCUT2D eigenvalue weighted by Crippen LogP contribution is -2.30. The van der Waals surface area contributed by atoms with Crippen LogP contribution in [0.25, 0.3) is 0 Å². The molecule has 10 heteroatoms. The van der Waals surface area contributed by atoms with Gasteiger partial charge in [-0.3, -0.25) is 9.59 Å². The van der Waals surface area contributed by atoms with Gasteiger partial charge in [0.2, 0.25) is 11.8 Å². The van der Waals surface area contributed by atoms with E-state index < -0.39 is 11.7 Å². The Kier molecular flexibility index (Phi) is 4.99. The quantitative estimate of drug-likeness (QED) is 0.666. The highest BCUT2D eigenvalue weighted by Gasteiger charge is 2.33. The van der Waals surface area contributed by atoms with Crippen LogP contribution in [-0.4, -0.2) is 40.2 Å². The molecule has 3 aromatic rings. The maximum Gasteiger partial charge on any atom is 0.286 e. The lowest BCUT2D eigenvalue weighted by Gasteiger charge is -2.22. The van der Waals surface area contributed by atoms with E-state index in [4.69, 9.17) is 9.47 Å². The van der Waals surface area contributed by atoms with Crippen LogP contribution in [-0.2, 0) is 0 Å². The van der Waals surface area contributed by atoms with E-state index in [0.717, 1.165) is 24.2 Å². The molecule has 0 saturated carbocycles. The van der Waals surface area contributed by atoms with E-state index in [2.05, 4.69) is 15.5 Å². The Balaban J connectivity index is 1.30. The topological polar surface area (TPSA) is 93.7 Å². The molecule has 2 aliphatic rings. The van der Waals surface area contributed by atoms with E-state index in [-0.39, 0.29) is 23.7 Å². The molecule has 1 N–H and O–H groups in total. The fourth-order valence-corrected chi connectivity index (χ4v) is 4.53. The van der Waals surface area contributed by atoms with Crippen LogP contribution in [0, 0.1) is 5.82 Å². The van der Waals surface area contributed by atoms with Gasteiger partial charge in [-0.15, -0.1) is 10.2 Å². The normalized spacial score (nSPS) is 17.1. The number of benzene rings is 2. The zero-order valence-electron chi connectivity index (χ0n) is 16.2. The van der Waals surface area contributed by atoms with Crippen molar-refractivity contribution in [2.75, 3.05) is 18.7 Å². The predicted octanol–water partition coefficient (Wildman–Crippen LogP) is 3.64. The van der Waals surface area contributed by atoms with E-state index in [1.54, 1.807) is 23.1 Å². The smallest absolute Gasteiger partial charge is 0.286 e. The summed E-state index contributed by atoms with van der Waals surface area (Å²) < 4.78 is 23.8. The third-order valence-electron chi connectivity index (χ3n) is 5.16. The number of nitrogens with one attached hydrogen (secondary N) is 1. The monoisotopic (exact) mass is 440 g/mol. The van der Waals surface area contributed by atoms with Gasteiger partial charge >= 0.3 is 0 Å². The van der Waals surface area contributed by atoms with Crippen LogP contribution >= 0.6 is 11.3 Å². The predicted molar refractivity (Wildman–Crippen MR) is 110 cm³/mol. The molecule has 3 heterocycles. The van der Waals surface area contributed by atoms with Gasteiger partial charge in [0, 0.05) is 23.9 Å². The number of carbonyl (C=O) groups is 2. The molecule has 1 atom stereocenters. The summed E-state index contributed by atoms with van der Waals surface area (Å²) in [6.45, 7) is 0.722. The summed E-state index contributed by atoms with van der Waals surface area (Å²) in [5, 5.41) is 11.8. The lowest BCUT2D eigenvalue weighted by molar-refractivity contribution is 0.0734. The number of carbonyl (C=O) groups excluding carboxylic acids is 2. The average Bonchev–Trinajstić information content (AvgIpc) is 3.53. The van der Waals surface area contributed by atoms with Crippen molar-refractivity contribution in [3.8, 4) is 11.5 Å². The number of anilines is 1. The van der Waals surface area contributed by atoms with Gasteiger partial charge in [-0.1, -0.05) is 11.3 Å². The van der Waals surface area contributed by atoms with Gasteiger partial charge in [0.25, 0.3) is 11.8 Å². The van der Waals surface area contributed by atoms with Crippen molar-refractivity contribution in [3.63, 3.8) is 0 Å². The second-order valence-electron chi connectivity index (χ2n) is 7.13. The molecule has 0 unspecified atom stereocenters. The highest BCUT2D eigenvalue weighted by molar-refractivity contribution is 7.13. The van der Waals surface area contributed by atoms with Gasteiger partial charge in [0.05, 0.1) is 6.04 Å². The molecule has 0 bridgehead atoms. The van der Waals surface area contributed by atoms with Crippen molar-refractivity contribution in [2.45, 2.75) is 18.9 Å². The Morgan fingerprint density at radius 3 is 2.74 bits per heavy atom. The average molecular weight is 440 g/mol. The lowest BCUT2D eigenvalue weighted by atomic mass is 10.1. The minimum absolute atomic E-state index is 0.154. The highest BCUT2D eigenvalue weighted by atomic mass is 32.1. The number of fused-ring (bicyclic) bond motifs is 1. The molecule has 31 heavy (non-hydrogen) atoms. The first-order valence-electron chi connectivity index (χ1n) is 9.69.